The minimum Gasteiger partial charge on any atom is -0.478 e. The summed E-state index contributed by atoms with van der Waals surface area (Å²) in [6, 6.07) is 11.0. The third-order valence-corrected chi connectivity index (χ3v) is 3.35. The average molecular weight is 353 g/mol. The number of rotatable bonds is 3. The van der Waals surface area contributed by atoms with Crippen LogP contribution in [0.25, 0.3) is 0 Å². The fourth-order valence-electron chi connectivity index (χ4n) is 1.51. The van der Waals surface area contributed by atoms with E-state index in [9.17, 15) is 4.79 Å². The molecular weight excluding hydrogens is 346 g/mol. The van der Waals surface area contributed by atoms with Crippen LogP contribution in [0.2, 0.25) is 5.02 Å². The van der Waals surface area contributed by atoms with Crippen molar-refractivity contribution >= 4 is 33.5 Å². The quantitative estimate of drug-likeness (QED) is 0.885. The Labute approximate surface area is 128 Å². The Morgan fingerprint density at radius 1 is 1.25 bits per heavy atom. The molecule has 0 atom stereocenters. The first-order valence-electron chi connectivity index (χ1n) is 5.41. The molecule has 0 spiro atoms. The molecule has 0 aliphatic rings. The number of carboxylic acid groups (broad SMARTS) is 1. The molecule has 0 aliphatic heterocycles. The summed E-state index contributed by atoms with van der Waals surface area (Å²) in [5.74, 6) is -0.442. The molecule has 0 bridgehead atoms. The minimum atomic E-state index is -1.06. The summed E-state index contributed by atoms with van der Waals surface area (Å²) in [5, 5.41) is 18.4. The van der Waals surface area contributed by atoms with E-state index >= 15 is 0 Å². The fourth-order valence-corrected chi connectivity index (χ4v) is 2.01. The van der Waals surface area contributed by atoms with Crippen LogP contribution in [0, 0.1) is 11.3 Å². The number of carboxylic acids is 1. The van der Waals surface area contributed by atoms with Gasteiger partial charge in [0.2, 0.25) is 0 Å². The topological polar surface area (TPSA) is 70.3 Å². The normalized spacial score (nSPS) is 9.85. The minimum absolute atomic E-state index is 0.0932. The molecule has 0 saturated heterocycles. The highest BCUT2D eigenvalue weighted by molar-refractivity contribution is 9.10. The lowest BCUT2D eigenvalue weighted by Crippen LogP contribution is -1.97. The largest absolute Gasteiger partial charge is 0.478 e. The number of ether oxygens (including phenoxy) is 1. The van der Waals surface area contributed by atoms with E-state index in [1.54, 1.807) is 18.2 Å². The number of aromatic carboxylic acids is 1. The number of hydrogen-bond acceptors (Lipinski definition) is 3. The molecule has 0 amide bonds. The number of nitriles is 1. The number of halogens is 2. The number of nitrogens with zero attached hydrogens (tertiary/aromatic N) is 1. The molecule has 0 radical (unpaired) electrons. The van der Waals surface area contributed by atoms with Gasteiger partial charge in [0.1, 0.15) is 17.6 Å². The summed E-state index contributed by atoms with van der Waals surface area (Å²) in [6.07, 6.45) is 0. The van der Waals surface area contributed by atoms with E-state index in [2.05, 4.69) is 15.9 Å². The van der Waals surface area contributed by atoms with E-state index in [0.717, 1.165) is 0 Å². The van der Waals surface area contributed by atoms with E-state index in [-0.39, 0.29) is 11.1 Å². The zero-order valence-corrected chi connectivity index (χ0v) is 12.3. The molecule has 0 fully saturated rings. The Morgan fingerprint density at radius 3 is 2.65 bits per heavy atom. The summed E-state index contributed by atoms with van der Waals surface area (Å²) < 4.78 is 6.17. The molecule has 0 aliphatic carbocycles. The highest BCUT2D eigenvalue weighted by atomic mass is 79.9. The van der Waals surface area contributed by atoms with Crippen LogP contribution in [-0.2, 0) is 0 Å². The second-order valence-corrected chi connectivity index (χ2v) is 5.10. The fraction of sp³-hybridized carbons (Fsp3) is 0. The third kappa shape index (κ3) is 3.10. The van der Waals surface area contributed by atoms with E-state index in [0.29, 0.717) is 21.0 Å². The van der Waals surface area contributed by atoms with Crippen LogP contribution in [0.3, 0.4) is 0 Å². The predicted molar refractivity (Wildman–Crippen MR) is 77.3 cm³/mol. The molecule has 2 aromatic rings. The van der Waals surface area contributed by atoms with Crippen molar-refractivity contribution in [1.82, 2.24) is 0 Å². The highest BCUT2D eigenvalue weighted by Gasteiger charge is 2.11. The van der Waals surface area contributed by atoms with Crippen LogP contribution in [-0.4, -0.2) is 11.1 Å². The summed E-state index contributed by atoms with van der Waals surface area (Å²) >= 11 is 9.07. The lowest BCUT2D eigenvalue weighted by molar-refractivity contribution is 0.0696. The lowest BCUT2D eigenvalue weighted by atomic mass is 10.2. The maximum atomic E-state index is 10.9. The maximum absolute atomic E-state index is 10.9. The van der Waals surface area contributed by atoms with Crippen LogP contribution in [0.15, 0.2) is 40.9 Å². The van der Waals surface area contributed by atoms with Crippen LogP contribution >= 0.6 is 27.5 Å². The van der Waals surface area contributed by atoms with Crippen molar-refractivity contribution in [1.29, 1.82) is 5.26 Å². The standard InChI is InChI=1S/C14H7BrClNO3/c15-11-3-1-8(14(18)19)6-13(11)20-12-4-2-10(16)5-9(12)7-17/h1-6H,(H,18,19). The molecule has 6 heteroatoms. The Hall–Kier alpha value is -2.03. The molecular formula is C14H7BrClNO3. The second-order valence-electron chi connectivity index (χ2n) is 3.80. The van der Waals surface area contributed by atoms with Crippen molar-refractivity contribution in [3.05, 3.63) is 57.0 Å². The van der Waals surface area contributed by atoms with Crippen molar-refractivity contribution in [2.45, 2.75) is 0 Å². The Kier molecular flexibility index (Phi) is 4.28. The van der Waals surface area contributed by atoms with Crippen molar-refractivity contribution in [3.63, 3.8) is 0 Å². The van der Waals surface area contributed by atoms with Gasteiger partial charge in [-0.3, -0.25) is 0 Å². The Balaban J connectivity index is 2.42. The van der Waals surface area contributed by atoms with Gasteiger partial charge in [0.05, 0.1) is 15.6 Å². The van der Waals surface area contributed by atoms with Crippen LogP contribution in [0.5, 0.6) is 11.5 Å². The molecule has 4 nitrogen and oxygen atoms in total. The summed E-state index contributed by atoms with van der Waals surface area (Å²) in [7, 11) is 0. The number of carbonyl (C=O) groups is 1. The molecule has 1 N–H and O–H groups in total. The van der Waals surface area contributed by atoms with Gasteiger partial charge in [0, 0.05) is 5.02 Å². The van der Waals surface area contributed by atoms with Gasteiger partial charge in [-0.15, -0.1) is 0 Å². The van der Waals surface area contributed by atoms with Gasteiger partial charge in [-0.1, -0.05) is 11.6 Å². The van der Waals surface area contributed by atoms with Crippen molar-refractivity contribution in [2.75, 3.05) is 0 Å². The van der Waals surface area contributed by atoms with Gasteiger partial charge < -0.3 is 9.84 Å². The zero-order chi connectivity index (χ0) is 14.7. The maximum Gasteiger partial charge on any atom is 0.335 e. The number of benzene rings is 2. The van der Waals surface area contributed by atoms with Gasteiger partial charge >= 0.3 is 5.97 Å². The SMILES string of the molecule is N#Cc1cc(Cl)ccc1Oc1cc(C(=O)O)ccc1Br. The molecule has 0 aromatic heterocycles. The van der Waals surface area contributed by atoms with Gasteiger partial charge in [0.25, 0.3) is 0 Å². The van der Waals surface area contributed by atoms with Gasteiger partial charge in [0.15, 0.2) is 0 Å². The van der Waals surface area contributed by atoms with Crippen molar-refractivity contribution < 1.29 is 14.6 Å². The lowest BCUT2D eigenvalue weighted by Gasteiger charge is -2.10. The summed E-state index contributed by atoms with van der Waals surface area (Å²) in [6.45, 7) is 0. The molecule has 100 valence electrons. The van der Waals surface area contributed by atoms with E-state index in [1.165, 1.54) is 18.2 Å². The van der Waals surface area contributed by atoms with E-state index in [1.807, 2.05) is 6.07 Å². The van der Waals surface area contributed by atoms with Crippen LogP contribution in [0.1, 0.15) is 15.9 Å². The smallest absolute Gasteiger partial charge is 0.335 e. The van der Waals surface area contributed by atoms with Crippen molar-refractivity contribution in [2.24, 2.45) is 0 Å². The predicted octanol–water partition coefficient (Wildman–Crippen LogP) is 4.46. The summed E-state index contributed by atoms with van der Waals surface area (Å²) in [5.41, 5.74) is 0.362. The Bertz CT molecular complexity index is 725. The van der Waals surface area contributed by atoms with Gasteiger partial charge in [-0.2, -0.15) is 5.26 Å². The molecule has 0 unspecified atom stereocenters. The first kappa shape index (κ1) is 14.4. The van der Waals surface area contributed by atoms with Crippen LogP contribution < -0.4 is 4.74 Å². The molecule has 0 saturated carbocycles. The summed E-state index contributed by atoms with van der Waals surface area (Å²) in [4.78, 5) is 10.9. The molecule has 2 rings (SSSR count). The van der Waals surface area contributed by atoms with E-state index < -0.39 is 5.97 Å². The zero-order valence-electron chi connectivity index (χ0n) is 9.93. The Morgan fingerprint density at radius 2 is 2.00 bits per heavy atom. The second kappa shape index (κ2) is 5.95. The average Bonchev–Trinajstić information content (AvgIpc) is 2.42. The first-order chi connectivity index (χ1) is 9.51. The highest BCUT2D eigenvalue weighted by Crippen LogP contribution is 2.33. The molecule has 2 aromatic carbocycles. The van der Waals surface area contributed by atoms with Crippen LogP contribution in [0.4, 0.5) is 0 Å². The molecule has 20 heavy (non-hydrogen) atoms. The van der Waals surface area contributed by atoms with Crippen molar-refractivity contribution in [3.8, 4) is 17.6 Å². The third-order valence-electron chi connectivity index (χ3n) is 2.46. The molecule has 0 heterocycles. The first-order valence-corrected chi connectivity index (χ1v) is 6.58. The van der Waals surface area contributed by atoms with E-state index in [4.69, 9.17) is 26.7 Å². The van der Waals surface area contributed by atoms with Gasteiger partial charge in [-0.25, -0.2) is 4.79 Å². The monoisotopic (exact) mass is 351 g/mol. The van der Waals surface area contributed by atoms with Gasteiger partial charge in [-0.05, 0) is 52.3 Å². The number of hydrogen-bond donors (Lipinski definition) is 1.